The Morgan fingerprint density at radius 3 is 2.41 bits per heavy atom. The van der Waals surface area contributed by atoms with Crippen molar-refractivity contribution in [3.05, 3.63) is 17.0 Å². The summed E-state index contributed by atoms with van der Waals surface area (Å²) in [7, 11) is 2.00. The number of hydrogen-bond acceptors (Lipinski definition) is 3. The molecule has 0 fully saturated rings. The second-order valence-corrected chi connectivity index (χ2v) is 5.88. The van der Waals surface area contributed by atoms with Gasteiger partial charge in [0.25, 0.3) is 0 Å². The number of rotatable bonds is 3. The van der Waals surface area contributed by atoms with Crippen LogP contribution >= 0.6 is 23.2 Å². The third-order valence-electron chi connectivity index (χ3n) is 3.17. The molecule has 0 bridgehead atoms. The van der Waals surface area contributed by atoms with Crippen LogP contribution in [0.15, 0.2) is 6.33 Å². The summed E-state index contributed by atoms with van der Waals surface area (Å²) in [4.78, 5) is 10.4. The van der Waals surface area contributed by atoms with Crippen molar-refractivity contribution >= 4 is 29.0 Å². The predicted molar refractivity (Wildman–Crippen MR) is 73.9 cm³/mol. The third-order valence-corrected chi connectivity index (χ3v) is 3.76. The molecule has 0 saturated heterocycles. The molecule has 0 aromatic carbocycles. The second-order valence-electron chi connectivity index (χ2n) is 5.25. The molecular formula is C12H19Cl2N3. The van der Waals surface area contributed by atoms with Gasteiger partial charge in [0, 0.05) is 18.7 Å². The average Bonchev–Trinajstić information content (AvgIpc) is 2.25. The molecule has 0 aliphatic rings. The van der Waals surface area contributed by atoms with Gasteiger partial charge in [-0.05, 0) is 12.3 Å². The van der Waals surface area contributed by atoms with Gasteiger partial charge in [0.2, 0.25) is 0 Å². The van der Waals surface area contributed by atoms with E-state index < -0.39 is 0 Å². The van der Waals surface area contributed by atoms with Crippen LogP contribution in [0.3, 0.4) is 0 Å². The molecule has 0 radical (unpaired) electrons. The Morgan fingerprint density at radius 2 is 1.94 bits per heavy atom. The Morgan fingerprint density at radius 1 is 1.35 bits per heavy atom. The van der Waals surface area contributed by atoms with E-state index in [0.717, 1.165) is 11.4 Å². The van der Waals surface area contributed by atoms with Crippen LogP contribution in [0.1, 0.15) is 33.3 Å². The second kappa shape index (κ2) is 5.40. The van der Waals surface area contributed by atoms with Gasteiger partial charge in [-0.3, -0.25) is 0 Å². The number of hydrogen-bond donors (Lipinski definition) is 0. The van der Waals surface area contributed by atoms with Gasteiger partial charge in [0.15, 0.2) is 0 Å². The van der Waals surface area contributed by atoms with Crippen molar-refractivity contribution in [1.82, 2.24) is 9.97 Å². The fourth-order valence-corrected chi connectivity index (χ4v) is 2.08. The average molecular weight is 276 g/mol. The lowest BCUT2D eigenvalue weighted by Gasteiger charge is -2.36. The Hall–Kier alpha value is -0.540. The van der Waals surface area contributed by atoms with Gasteiger partial charge in [-0.1, -0.05) is 32.4 Å². The third kappa shape index (κ3) is 3.23. The van der Waals surface area contributed by atoms with E-state index in [-0.39, 0.29) is 5.41 Å². The minimum Gasteiger partial charge on any atom is -0.356 e. The van der Waals surface area contributed by atoms with Gasteiger partial charge in [0.05, 0.1) is 5.88 Å². The van der Waals surface area contributed by atoms with Gasteiger partial charge in [-0.15, -0.1) is 11.6 Å². The van der Waals surface area contributed by atoms with Crippen molar-refractivity contribution in [2.75, 3.05) is 11.9 Å². The minimum atomic E-state index is 0.149. The number of halogens is 2. The molecule has 1 rings (SSSR count). The molecule has 0 aliphatic carbocycles. The molecule has 96 valence electrons. The Balaban J connectivity index is 3.12. The standard InChI is InChI=1S/C12H19Cl2N3/c1-8(12(2,3)4)17(5)11-9(6-13)10(14)15-7-16-11/h7-8H,6H2,1-5H3. The molecule has 5 heteroatoms. The molecule has 0 spiro atoms. The molecular weight excluding hydrogens is 257 g/mol. The molecule has 0 aliphatic heterocycles. The highest BCUT2D eigenvalue weighted by Gasteiger charge is 2.26. The lowest BCUT2D eigenvalue weighted by molar-refractivity contribution is 0.328. The topological polar surface area (TPSA) is 29.0 Å². The van der Waals surface area contributed by atoms with E-state index in [4.69, 9.17) is 23.2 Å². The molecule has 0 amide bonds. The zero-order valence-corrected chi connectivity index (χ0v) is 12.5. The number of anilines is 1. The summed E-state index contributed by atoms with van der Waals surface area (Å²) in [5.41, 5.74) is 0.935. The maximum absolute atomic E-state index is 6.03. The van der Waals surface area contributed by atoms with Crippen molar-refractivity contribution in [1.29, 1.82) is 0 Å². The normalized spacial score (nSPS) is 13.6. The maximum Gasteiger partial charge on any atom is 0.138 e. The summed E-state index contributed by atoms with van der Waals surface area (Å²) >= 11 is 11.9. The van der Waals surface area contributed by atoms with Crippen molar-refractivity contribution in [3.63, 3.8) is 0 Å². The van der Waals surface area contributed by atoms with E-state index in [1.807, 2.05) is 7.05 Å². The quantitative estimate of drug-likeness (QED) is 0.622. The Bertz CT molecular complexity index is 388. The molecule has 1 heterocycles. The Labute approximate surface area is 113 Å². The van der Waals surface area contributed by atoms with Crippen molar-refractivity contribution in [2.24, 2.45) is 5.41 Å². The van der Waals surface area contributed by atoms with E-state index in [2.05, 4.69) is 42.6 Å². The molecule has 1 unspecified atom stereocenters. The van der Waals surface area contributed by atoms with Gasteiger partial charge >= 0.3 is 0 Å². The monoisotopic (exact) mass is 275 g/mol. The SMILES string of the molecule is CC(N(C)c1ncnc(Cl)c1CCl)C(C)(C)C. The zero-order chi connectivity index (χ0) is 13.2. The molecule has 1 aromatic rings. The summed E-state index contributed by atoms with van der Waals surface area (Å²) in [5.74, 6) is 1.12. The van der Waals surface area contributed by atoms with E-state index in [1.165, 1.54) is 6.33 Å². The first-order chi connectivity index (χ1) is 7.79. The summed E-state index contributed by atoms with van der Waals surface area (Å²) in [6.07, 6.45) is 1.47. The molecule has 17 heavy (non-hydrogen) atoms. The van der Waals surface area contributed by atoms with Gasteiger partial charge in [-0.25, -0.2) is 9.97 Å². The summed E-state index contributed by atoms with van der Waals surface area (Å²) in [6, 6.07) is 0.315. The van der Waals surface area contributed by atoms with Crippen LogP contribution in [0.4, 0.5) is 5.82 Å². The number of aromatic nitrogens is 2. The highest BCUT2D eigenvalue weighted by molar-refractivity contribution is 6.31. The van der Waals surface area contributed by atoms with Crippen LogP contribution < -0.4 is 4.90 Å². The maximum atomic E-state index is 6.03. The van der Waals surface area contributed by atoms with Crippen LogP contribution in [0.2, 0.25) is 5.15 Å². The highest BCUT2D eigenvalue weighted by Crippen LogP contribution is 2.30. The zero-order valence-electron chi connectivity index (χ0n) is 11.0. The largest absolute Gasteiger partial charge is 0.356 e. The minimum absolute atomic E-state index is 0.149. The van der Waals surface area contributed by atoms with E-state index in [9.17, 15) is 0 Å². The van der Waals surface area contributed by atoms with E-state index in [1.54, 1.807) is 0 Å². The molecule has 0 N–H and O–H groups in total. The molecule has 0 saturated carbocycles. The first kappa shape index (κ1) is 14.5. The lowest BCUT2D eigenvalue weighted by atomic mass is 9.87. The fourth-order valence-electron chi connectivity index (χ4n) is 1.57. The van der Waals surface area contributed by atoms with Crippen LogP contribution in [-0.4, -0.2) is 23.1 Å². The number of alkyl halides is 1. The Kier molecular flexibility index (Phi) is 4.62. The molecule has 3 nitrogen and oxygen atoms in total. The van der Waals surface area contributed by atoms with Gasteiger partial charge in [-0.2, -0.15) is 0 Å². The van der Waals surface area contributed by atoms with Crippen molar-refractivity contribution in [3.8, 4) is 0 Å². The van der Waals surface area contributed by atoms with Gasteiger partial charge in [0.1, 0.15) is 17.3 Å². The van der Waals surface area contributed by atoms with Crippen LogP contribution in [-0.2, 0) is 5.88 Å². The first-order valence-electron chi connectivity index (χ1n) is 5.57. The van der Waals surface area contributed by atoms with Crippen LogP contribution in [0.5, 0.6) is 0 Å². The van der Waals surface area contributed by atoms with Crippen LogP contribution in [0.25, 0.3) is 0 Å². The predicted octanol–water partition coefficient (Wildman–Crippen LogP) is 3.74. The van der Waals surface area contributed by atoms with Gasteiger partial charge < -0.3 is 4.90 Å². The molecule has 1 aromatic heterocycles. The summed E-state index contributed by atoms with van der Waals surface area (Å²) < 4.78 is 0. The van der Waals surface area contributed by atoms with Crippen LogP contribution in [0, 0.1) is 5.41 Å². The number of nitrogens with zero attached hydrogens (tertiary/aromatic N) is 3. The van der Waals surface area contributed by atoms with Crippen molar-refractivity contribution < 1.29 is 0 Å². The smallest absolute Gasteiger partial charge is 0.138 e. The van der Waals surface area contributed by atoms with E-state index in [0.29, 0.717) is 17.1 Å². The lowest BCUT2D eigenvalue weighted by Crippen LogP contribution is -2.40. The van der Waals surface area contributed by atoms with E-state index >= 15 is 0 Å². The first-order valence-corrected chi connectivity index (χ1v) is 6.48. The summed E-state index contributed by atoms with van der Waals surface area (Å²) in [6.45, 7) is 8.74. The van der Waals surface area contributed by atoms with Crippen molar-refractivity contribution in [2.45, 2.75) is 39.6 Å². The fraction of sp³-hybridized carbons (Fsp3) is 0.667. The summed E-state index contributed by atoms with van der Waals surface area (Å²) in [5, 5.41) is 0.429. The highest BCUT2D eigenvalue weighted by atomic mass is 35.5. The molecule has 1 atom stereocenters.